The second-order valence-corrected chi connectivity index (χ2v) is 5.51. The second kappa shape index (κ2) is 4.20. The van der Waals surface area contributed by atoms with Gasteiger partial charge in [-0.3, -0.25) is 9.69 Å². The van der Waals surface area contributed by atoms with Crippen molar-refractivity contribution in [2.75, 3.05) is 4.90 Å². The third kappa shape index (κ3) is 1.75. The Morgan fingerprint density at radius 2 is 1.88 bits per heavy atom. The fourth-order valence-electron chi connectivity index (χ4n) is 2.00. The number of benzene rings is 2. The summed E-state index contributed by atoms with van der Waals surface area (Å²) in [5.41, 5.74) is 1.84. The molecule has 2 aromatic rings. The van der Waals surface area contributed by atoms with Crippen LogP contribution < -0.4 is 4.90 Å². The molecule has 0 aliphatic carbocycles. The second-order valence-electron chi connectivity index (χ2n) is 3.62. The lowest BCUT2D eigenvalue weighted by Gasteiger charge is -2.24. The Kier molecular flexibility index (Phi) is 2.81. The predicted octanol–water partition coefficient (Wildman–Crippen LogP) is 4.64. The summed E-state index contributed by atoms with van der Waals surface area (Å²) in [4.78, 5) is 17.8. The predicted molar refractivity (Wildman–Crippen MR) is 87.0 cm³/mol. The number of aliphatic imine (C=N–C) groups is 1. The number of amidine groups is 1. The monoisotopic (exact) mass is 448 g/mol. The van der Waals surface area contributed by atoms with Gasteiger partial charge < -0.3 is 0 Å². The Balaban J connectivity index is 2.43. The molecule has 0 radical (unpaired) electrons. The highest BCUT2D eigenvalue weighted by Crippen LogP contribution is 2.40. The first kappa shape index (κ1) is 11.4. The van der Waals surface area contributed by atoms with E-state index in [0.29, 0.717) is 3.84 Å². The number of amides is 1. The molecule has 0 aromatic heterocycles. The minimum atomic E-state index is -0.0437. The molecule has 0 N–H and O–H groups in total. The highest BCUT2D eigenvalue weighted by atomic mass is 127. The van der Waals surface area contributed by atoms with E-state index in [1.807, 2.05) is 36.4 Å². The lowest BCUT2D eigenvalue weighted by atomic mass is 10.1. The molecular weight excluding hydrogens is 442 g/mol. The third-order valence-electron chi connectivity index (χ3n) is 2.67. The van der Waals surface area contributed by atoms with Crippen LogP contribution in [0.25, 0.3) is 10.8 Å². The molecule has 1 aliphatic rings. The molecule has 1 amide bonds. The van der Waals surface area contributed by atoms with Gasteiger partial charge >= 0.3 is 0 Å². The minimum Gasteiger partial charge on any atom is -0.262 e. The van der Waals surface area contributed by atoms with Gasteiger partial charge in [0, 0.05) is 50.6 Å². The van der Waals surface area contributed by atoms with Crippen molar-refractivity contribution in [1.29, 1.82) is 0 Å². The van der Waals surface area contributed by atoms with E-state index in [0.717, 1.165) is 22.1 Å². The molecule has 0 saturated carbocycles. The normalized spacial score (nSPS) is 13.8. The van der Waals surface area contributed by atoms with Gasteiger partial charge in [-0.15, -0.1) is 0 Å². The van der Waals surface area contributed by atoms with Crippen LogP contribution in [0.1, 0.15) is 0 Å². The number of carbonyl (C=O) groups is 1. The fraction of sp³-hybridized carbons (Fsp3) is 0. The molecule has 84 valence electrons. The Hall–Kier alpha value is -0.700. The number of anilines is 1. The number of hydrogen-bond acceptors (Lipinski definition) is 2. The molecule has 3 nitrogen and oxygen atoms in total. The van der Waals surface area contributed by atoms with E-state index < -0.39 is 0 Å². The van der Waals surface area contributed by atoms with Crippen LogP contribution in [-0.4, -0.2) is 7.76 Å². The maximum Gasteiger partial charge on any atom is 0.293 e. The Bertz CT molecular complexity index is 661. The fourth-order valence-corrected chi connectivity index (χ4v) is 3.69. The molecule has 0 fully saturated rings. The molecule has 0 unspecified atom stereocenters. The van der Waals surface area contributed by atoms with Gasteiger partial charge in [0.1, 0.15) is 0 Å². The highest BCUT2D eigenvalue weighted by Gasteiger charge is 2.24. The number of hydrogen-bond donors (Lipinski definition) is 0. The van der Waals surface area contributed by atoms with Crippen LogP contribution in [0, 0.1) is 0 Å². The van der Waals surface area contributed by atoms with Gasteiger partial charge in [-0.2, -0.15) is 0 Å². The van der Waals surface area contributed by atoms with Gasteiger partial charge in [0.2, 0.25) is 0 Å². The standard InChI is InChI=1S/C12H6I2N2O/c13-11-15-8-5-1-3-7-4-2-6-9(10(7)8)16(11)12(14)17/h1-6H. The van der Waals surface area contributed by atoms with Crippen LogP contribution in [-0.2, 0) is 0 Å². The van der Waals surface area contributed by atoms with Crippen LogP contribution in [0.5, 0.6) is 0 Å². The summed E-state index contributed by atoms with van der Waals surface area (Å²) >= 11 is 3.88. The van der Waals surface area contributed by atoms with Crippen molar-refractivity contribution in [1.82, 2.24) is 0 Å². The Morgan fingerprint density at radius 1 is 1.18 bits per heavy atom. The molecule has 2 aromatic carbocycles. The van der Waals surface area contributed by atoms with Gasteiger partial charge in [-0.1, -0.05) is 24.3 Å². The smallest absolute Gasteiger partial charge is 0.262 e. The quantitative estimate of drug-likeness (QED) is 0.329. The number of carbonyl (C=O) groups excluding carboxylic acids is 1. The van der Waals surface area contributed by atoms with E-state index in [2.05, 4.69) is 27.6 Å². The van der Waals surface area contributed by atoms with Gasteiger partial charge in [0.05, 0.1) is 11.4 Å². The van der Waals surface area contributed by atoms with Crippen molar-refractivity contribution in [3.63, 3.8) is 0 Å². The zero-order valence-corrected chi connectivity index (χ0v) is 12.8. The van der Waals surface area contributed by atoms with Gasteiger partial charge in [-0.25, -0.2) is 4.99 Å². The summed E-state index contributed by atoms with van der Waals surface area (Å²) in [6.07, 6.45) is 0. The van der Waals surface area contributed by atoms with E-state index in [1.165, 1.54) is 0 Å². The molecule has 5 heteroatoms. The average molecular weight is 448 g/mol. The molecule has 1 heterocycles. The minimum absolute atomic E-state index is 0.0437. The van der Waals surface area contributed by atoms with Crippen LogP contribution in [0.3, 0.4) is 0 Å². The molecule has 3 rings (SSSR count). The third-order valence-corrected chi connectivity index (χ3v) is 3.88. The van der Waals surface area contributed by atoms with Crippen LogP contribution >= 0.6 is 45.2 Å². The number of rotatable bonds is 0. The van der Waals surface area contributed by atoms with Gasteiger partial charge in [0.15, 0.2) is 3.84 Å². The lowest BCUT2D eigenvalue weighted by Crippen LogP contribution is -2.30. The molecule has 0 spiro atoms. The zero-order valence-electron chi connectivity index (χ0n) is 8.52. The van der Waals surface area contributed by atoms with E-state index in [1.54, 1.807) is 27.5 Å². The molecular formula is C12H6I2N2O. The summed E-state index contributed by atoms with van der Waals surface area (Å²) in [5, 5.41) is 2.15. The van der Waals surface area contributed by atoms with Crippen molar-refractivity contribution in [3.05, 3.63) is 36.4 Å². The van der Waals surface area contributed by atoms with Crippen molar-refractivity contribution in [3.8, 4) is 0 Å². The van der Waals surface area contributed by atoms with E-state index in [4.69, 9.17) is 0 Å². The van der Waals surface area contributed by atoms with E-state index in [9.17, 15) is 4.79 Å². The number of nitrogens with zero attached hydrogens (tertiary/aromatic N) is 2. The summed E-state index contributed by atoms with van der Waals surface area (Å²) in [6, 6.07) is 11.9. The summed E-state index contributed by atoms with van der Waals surface area (Å²) < 4.78 is 0.644. The van der Waals surface area contributed by atoms with Crippen molar-refractivity contribution in [2.45, 2.75) is 0 Å². The topological polar surface area (TPSA) is 32.7 Å². The van der Waals surface area contributed by atoms with Crippen LogP contribution in [0.2, 0.25) is 0 Å². The highest BCUT2D eigenvalue weighted by molar-refractivity contribution is 14.1. The molecule has 0 bridgehead atoms. The van der Waals surface area contributed by atoms with E-state index in [-0.39, 0.29) is 3.91 Å². The Labute approximate surface area is 125 Å². The van der Waals surface area contributed by atoms with Gasteiger partial charge in [-0.05, 0) is 17.5 Å². The molecule has 1 aliphatic heterocycles. The molecule has 17 heavy (non-hydrogen) atoms. The van der Waals surface area contributed by atoms with Gasteiger partial charge in [0.25, 0.3) is 3.91 Å². The van der Waals surface area contributed by atoms with Crippen LogP contribution in [0.15, 0.2) is 41.4 Å². The first-order valence-electron chi connectivity index (χ1n) is 4.94. The molecule has 0 atom stereocenters. The first-order chi connectivity index (χ1) is 8.18. The van der Waals surface area contributed by atoms with Crippen LogP contribution in [0.4, 0.5) is 16.2 Å². The largest absolute Gasteiger partial charge is 0.293 e. The summed E-state index contributed by atoms with van der Waals surface area (Å²) in [7, 11) is 0. The van der Waals surface area contributed by atoms with Crippen molar-refractivity contribution >= 4 is 75.1 Å². The SMILES string of the molecule is O=C(I)N1C(I)=Nc2cccc3cccc1c23. The maximum atomic E-state index is 11.7. The average Bonchev–Trinajstić information content (AvgIpc) is 2.28. The zero-order chi connectivity index (χ0) is 12.0. The summed E-state index contributed by atoms with van der Waals surface area (Å²) in [5.74, 6) is 0. The summed E-state index contributed by atoms with van der Waals surface area (Å²) in [6.45, 7) is 0. The van der Waals surface area contributed by atoms with Crippen molar-refractivity contribution < 1.29 is 4.79 Å². The van der Waals surface area contributed by atoms with E-state index >= 15 is 0 Å². The first-order valence-corrected chi connectivity index (χ1v) is 7.10. The maximum absolute atomic E-state index is 11.7. The lowest BCUT2D eigenvalue weighted by molar-refractivity contribution is 0.269. The number of halogens is 2. The molecule has 0 saturated heterocycles. The van der Waals surface area contributed by atoms with Crippen molar-refractivity contribution in [2.24, 2.45) is 4.99 Å². The Morgan fingerprint density at radius 3 is 2.59 bits per heavy atom.